The second-order valence-corrected chi connectivity index (χ2v) is 6.93. The van der Waals surface area contributed by atoms with Gasteiger partial charge in [0.2, 0.25) is 0 Å². The van der Waals surface area contributed by atoms with Gasteiger partial charge >= 0.3 is 0 Å². The molecule has 0 bridgehead atoms. The molecule has 0 aromatic heterocycles. The van der Waals surface area contributed by atoms with Gasteiger partial charge in [-0.25, -0.2) is 4.99 Å². The van der Waals surface area contributed by atoms with Crippen LogP contribution in [0.4, 0.5) is 0 Å². The second kappa shape index (κ2) is 8.85. The Bertz CT molecular complexity index is 391. The van der Waals surface area contributed by atoms with E-state index in [-0.39, 0.29) is 29.4 Å². The first kappa shape index (κ1) is 19.2. The SMILES string of the molecule is CCOC1CC(N=C(N)N2CCCCCC2)C12CCOCC2.I. The number of guanidine groups is 1. The largest absolute Gasteiger partial charge is 0.381 e. The van der Waals surface area contributed by atoms with Crippen molar-refractivity contribution < 1.29 is 9.47 Å². The number of halogens is 1. The molecule has 3 aliphatic rings. The summed E-state index contributed by atoms with van der Waals surface area (Å²) in [4.78, 5) is 7.23. The maximum atomic E-state index is 6.34. The molecular weight excluding hydrogens is 405 g/mol. The fraction of sp³-hybridized carbons (Fsp3) is 0.941. The number of aliphatic imine (C=N–C) groups is 1. The summed E-state index contributed by atoms with van der Waals surface area (Å²) in [6.45, 7) is 6.65. The fourth-order valence-electron chi connectivity index (χ4n) is 4.29. The van der Waals surface area contributed by atoms with Gasteiger partial charge in [-0.2, -0.15) is 0 Å². The maximum Gasteiger partial charge on any atom is 0.191 e. The van der Waals surface area contributed by atoms with Crippen LogP contribution < -0.4 is 5.73 Å². The lowest BCUT2D eigenvalue weighted by Crippen LogP contribution is -2.60. The van der Waals surface area contributed by atoms with E-state index in [9.17, 15) is 0 Å². The molecule has 1 saturated carbocycles. The van der Waals surface area contributed by atoms with Crippen molar-refractivity contribution in [3.8, 4) is 0 Å². The van der Waals surface area contributed by atoms with Crippen LogP contribution in [0.2, 0.25) is 0 Å². The summed E-state index contributed by atoms with van der Waals surface area (Å²) in [5, 5.41) is 0. The van der Waals surface area contributed by atoms with Crippen LogP contribution in [-0.2, 0) is 9.47 Å². The van der Waals surface area contributed by atoms with Gasteiger partial charge < -0.3 is 20.1 Å². The molecule has 2 atom stereocenters. The smallest absolute Gasteiger partial charge is 0.191 e. The molecule has 0 radical (unpaired) electrons. The molecule has 3 rings (SSSR count). The molecule has 3 fully saturated rings. The van der Waals surface area contributed by atoms with Crippen LogP contribution in [0.1, 0.15) is 51.9 Å². The molecular formula is C17H32IN3O2. The molecule has 134 valence electrons. The minimum Gasteiger partial charge on any atom is -0.381 e. The molecule has 6 heteroatoms. The summed E-state index contributed by atoms with van der Waals surface area (Å²) in [5.41, 5.74) is 6.51. The van der Waals surface area contributed by atoms with Crippen molar-refractivity contribution in [3.63, 3.8) is 0 Å². The van der Waals surface area contributed by atoms with E-state index in [4.69, 9.17) is 20.2 Å². The maximum absolute atomic E-state index is 6.34. The number of nitrogens with two attached hydrogens (primary N) is 1. The zero-order valence-corrected chi connectivity index (χ0v) is 16.7. The van der Waals surface area contributed by atoms with Gasteiger partial charge in [0.05, 0.1) is 12.1 Å². The van der Waals surface area contributed by atoms with Crippen molar-refractivity contribution in [2.75, 3.05) is 32.9 Å². The predicted octanol–water partition coefficient (Wildman–Crippen LogP) is 2.77. The molecule has 2 unspecified atom stereocenters. The van der Waals surface area contributed by atoms with E-state index in [0.717, 1.165) is 58.1 Å². The number of likely N-dealkylation sites (tertiary alicyclic amines) is 1. The standard InChI is InChI=1S/C17H31N3O2.HI/c1-2-22-15-13-14(17(15)7-11-21-12-8-17)19-16(18)20-9-5-3-4-6-10-20;/h14-15H,2-13H2,1H3,(H2,18,19);1H. The average Bonchev–Trinajstić information content (AvgIpc) is 2.84. The van der Waals surface area contributed by atoms with Crippen LogP contribution in [0.15, 0.2) is 4.99 Å². The fourth-order valence-corrected chi connectivity index (χ4v) is 4.29. The zero-order valence-electron chi connectivity index (χ0n) is 14.3. The summed E-state index contributed by atoms with van der Waals surface area (Å²) in [6.07, 6.45) is 8.58. The lowest BCUT2D eigenvalue weighted by molar-refractivity contribution is -0.163. The van der Waals surface area contributed by atoms with E-state index >= 15 is 0 Å². The Kier molecular flexibility index (Phi) is 7.41. The van der Waals surface area contributed by atoms with Gasteiger partial charge in [0.1, 0.15) is 0 Å². The van der Waals surface area contributed by atoms with E-state index in [0.29, 0.717) is 12.1 Å². The summed E-state index contributed by atoms with van der Waals surface area (Å²) in [6, 6.07) is 0.316. The van der Waals surface area contributed by atoms with Crippen LogP contribution in [0.5, 0.6) is 0 Å². The first-order valence-electron chi connectivity index (χ1n) is 9.04. The van der Waals surface area contributed by atoms with Crippen molar-refractivity contribution >= 4 is 29.9 Å². The molecule has 2 N–H and O–H groups in total. The molecule has 1 spiro atoms. The van der Waals surface area contributed by atoms with E-state index in [1.807, 2.05) is 0 Å². The van der Waals surface area contributed by atoms with E-state index < -0.39 is 0 Å². The first-order chi connectivity index (χ1) is 10.8. The summed E-state index contributed by atoms with van der Waals surface area (Å²) in [7, 11) is 0. The molecule has 23 heavy (non-hydrogen) atoms. The first-order valence-corrected chi connectivity index (χ1v) is 9.04. The average molecular weight is 437 g/mol. The van der Waals surface area contributed by atoms with E-state index in [2.05, 4.69) is 11.8 Å². The molecule has 0 amide bonds. The Morgan fingerprint density at radius 1 is 1.22 bits per heavy atom. The van der Waals surface area contributed by atoms with Gasteiger partial charge in [-0.1, -0.05) is 12.8 Å². The normalized spacial score (nSPS) is 31.2. The van der Waals surface area contributed by atoms with Gasteiger partial charge in [0.15, 0.2) is 5.96 Å². The molecule has 2 aliphatic heterocycles. The molecule has 2 saturated heterocycles. The number of rotatable bonds is 3. The van der Waals surface area contributed by atoms with Crippen LogP contribution in [0.25, 0.3) is 0 Å². The van der Waals surface area contributed by atoms with Crippen molar-refractivity contribution in [3.05, 3.63) is 0 Å². The highest BCUT2D eigenvalue weighted by atomic mass is 127. The minimum atomic E-state index is 0. The molecule has 1 aliphatic carbocycles. The number of ether oxygens (including phenoxy) is 2. The Morgan fingerprint density at radius 3 is 2.48 bits per heavy atom. The van der Waals surface area contributed by atoms with Crippen molar-refractivity contribution in [1.29, 1.82) is 0 Å². The van der Waals surface area contributed by atoms with Crippen LogP contribution in [0.3, 0.4) is 0 Å². The molecule has 2 heterocycles. The van der Waals surface area contributed by atoms with Gasteiger partial charge in [0, 0.05) is 38.3 Å². The van der Waals surface area contributed by atoms with Crippen molar-refractivity contribution in [2.45, 2.75) is 64.0 Å². The molecule has 0 aromatic carbocycles. The monoisotopic (exact) mass is 437 g/mol. The zero-order chi connectivity index (χ0) is 15.4. The summed E-state index contributed by atoms with van der Waals surface area (Å²) in [5.74, 6) is 0.757. The quantitative estimate of drug-likeness (QED) is 0.419. The second-order valence-electron chi connectivity index (χ2n) is 6.93. The number of hydrogen-bond acceptors (Lipinski definition) is 3. The number of hydrogen-bond donors (Lipinski definition) is 1. The third-order valence-electron chi connectivity index (χ3n) is 5.75. The van der Waals surface area contributed by atoms with Crippen LogP contribution in [0, 0.1) is 5.41 Å². The van der Waals surface area contributed by atoms with Crippen molar-refractivity contribution in [2.24, 2.45) is 16.1 Å². The minimum absolute atomic E-state index is 0. The Morgan fingerprint density at radius 2 is 1.87 bits per heavy atom. The number of nitrogens with zero attached hydrogens (tertiary/aromatic N) is 2. The van der Waals surface area contributed by atoms with Crippen molar-refractivity contribution in [1.82, 2.24) is 4.90 Å². The van der Waals surface area contributed by atoms with Gasteiger partial charge in [-0.15, -0.1) is 24.0 Å². The summed E-state index contributed by atoms with van der Waals surface area (Å²) >= 11 is 0. The van der Waals surface area contributed by atoms with Gasteiger partial charge in [-0.3, -0.25) is 0 Å². The van der Waals surface area contributed by atoms with Crippen LogP contribution >= 0.6 is 24.0 Å². The van der Waals surface area contributed by atoms with E-state index in [1.54, 1.807) is 0 Å². The lowest BCUT2D eigenvalue weighted by atomic mass is 9.58. The van der Waals surface area contributed by atoms with Gasteiger partial charge in [0.25, 0.3) is 0 Å². The summed E-state index contributed by atoms with van der Waals surface area (Å²) < 4.78 is 11.5. The lowest BCUT2D eigenvalue weighted by Gasteiger charge is -2.55. The highest BCUT2D eigenvalue weighted by Crippen LogP contribution is 2.52. The topological polar surface area (TPSA) is 60.1 Å². The Hall–Kier alpha value is -0.0800. The third kappa shape index (κ3) is 4.12. The van der Waals surface area contributed by atoms with Gasteiger partial charge in [-0.05, 0) is 39.0 Å². The highest BCUT2D eigenvalue weighted by molar-refractivity contribution is 14.0. The Balaban J connectivity index is 0.00000192. The van der Waals surface area contributed by atoms with E-state index in [1.165, 1.54) is 25.7 Å². The highest BCUT2D eigenvalue weighted by Gasteiger charge is 2.56. The molecule has 5 nitrogen and oxygen atoms in total. The molecule has 0 aromatic rings. The van der Waals surface area contributed by atoms with Crippen LogP contribution in [-0.4, -0.2) is 55.9 Å². The third-order valence-corrected chi connectivity index (χ3v) is 5.75. The predicted molar refractivity (Wildman–Crippen MR) is 103 cm³/mol. The Labute approximate surface area is 157 Å².